The Balaban J connectivity index is 3.78. The molecule has 102 valence electrons. The van der Waals surface area contributed by atoms with Crippen molar-refractivity contribution in [3.05, 3.63) is 0 Å². The van der Waals surface area contributed by atoms with Crippen LogP contribution < -0.4 is 4.72 Å². The summed E-state index contributed by atoms with van der Waals surface area (Å²) in [7, 11) is -3.77. The predicted molar refractivity (Wildman–Crippen MR) is 64.3 cm³/mol. The highest BCUT2D eigenvalue weighted by molar-refractivity contribution is 7.90. The minimum atomic E-state index is -3.77. The van der Waals surface area contributed by atoms with Crippen LogP contribution in [0, 0.1) is 5.92 Å². The quantitative estimate of drug-likeness (QED) is 0.591. The normalized spacial score (nSPS) is 13.9. The first-order valence-corrected chi connectivity index (χ1v) is 7.11. The van der Waals surface area contributed by atoms with Gasteiger partial charge in [-0.15, -0.1) is 0 Å². The van der Waals surface area contributed by atoms with Gasteiger partial charge in [-0.3, -0.25) is 4.79 Å². The van der Waals surface area contributed by atoms with Gasteiger partial charge in [0.15, 0.2) is 5.25 Å². The first-order chi connectivity index (χ1) is 7.77. The molecule has 0 spiro atoms. The van der Waals surface area contributed by atoms with Crippen molar-refractivity contribution in [1.82, 2.24) is 4.72 Å². The summed E-state index contributed by atoms with van der Waals surface area (Å²) in [5.41, 5.74) is 0. The molecule has 0 aromatic rings. The maximum absolute atomic E-state index is 11.4. The molecule has 0 aromatic heterocycles. The number of nitrogens with one attached hydrogen (secondary N) is 1. The van der Waals surface area contributed by atoms with Gasteiger partial charge in [-0.05, 0) is 19.3 Å². The molecule has 1 atom stereocenters. The Bertz CT molecular complexity index is 326. The van der Waals surface area contributed by atoms with Gasteiger partial charge in [0.1, 0.15) is 0 Å². The second kappa shape index (κ2) is 7.62. The van der Waals surface area contributed by atoms with Gasteiger partial charge in [0.05, 0.1) is 0 Å². The highest BCUT2D eigenvalue weighted by Crippen LogP contribution is 1.98. The molecule has 0 aromatic carbocycles. The number of carbonyl (C=O) groups is 1. The molecule has 0 aliphatic carbocycles. The second-order valence-corrected chi connectivity index (χ2v) is 6.33. The maximum Gasteiger partial charge on any atom is 0.323 e. The van der Waals surface area contributed by atoms with Crippen LogP contribution >= 0.6 is 0 Å². The summed E-state index contributed by atoms with van der Waals surface area (Å²) < 4.78 is 30.3. The number of rotatable bonds is 9. The zero-order valence-electron chi connectivity index (χ0n) is 10.5. The van der Waals surface area contributed by atoms with Crippen LogP contribution in [0.4, 0.5) is 0 Å². The molecule has 0 saturated carbocycles. The van der Waals surface area contributed by atoms with E-state index in [1.807, 2.05) is 13.8 Å². The maximum atomic E-state index is 11.4. The lowest BCUT2D eigenvalue weighted by Gasteiger charge is -2.10. The molecule has 2 N–H and O–H groups in total. The van der Waals surface area contributed by atoms with Crippen molar-refractivity contribution < 1.29 is 23.1 Å². The monoisotopic (exact) mass is 267 g/mol. The minimum absolute atomic E-state index is 0.193. The standard InChI is InChI=1S/C10H21NO5S/c1-8(2)7-16-6-4-5-11-17(14,15)9(3)10(12)13/h8-9,11H,4-7H2,1-3H3,(H,12,13). The third-order valence-corrected chi connectivity index (χ3v) is 3.77. The van der Waals surface area contributed by atoms with E-state index in [0.717, 1.165) is 6.92 Å². The van der Waals surface area contributed by atoms with Crippen LogP contribution in [0.15, 0.2) is 0 Å². The highest BCUT2D eigenvalue weighted by Gasteiger charge is 2.26. The summed E-state index contributed by atoms with van der Waals surface area (Å²) in [5.74, 6) is -0.910. The molecule has 0 bridgehead atoms. The van der Waals surface area contributed by atoms with Gasteiger partial charge in [-0.1, -0.05) is 13.8 Å². The minimum Gasteiger partial charge on any atom is -0.480 e. The zero-order chi connectivity index (χ0) is 13.5. The largest absolute Gasteiger partial charge is 0.480 e. The number of hydrogen-bond acceptors (Lipinski definition) is 4. The Kier molecular flexibility index (Phi) is 7.33. The summed E-state index contributed by atoms with van der Waals surface area (Å²) in [4.78, 5) is 10.5. The summed E-state index contributed by atoms with van der Waals surface area (Å²) >= 11 is 0. The van der Waals surface area contributed by atoms with Crippen LogP contribution in [0.5, 0.6) is 0 Å². The van der Waals surface area contributed by atoms with E-state index in [2.05, 4.69) is 4.72 Å². The SMILES string of the molecule is CC(C)COCCCNS(=O)(=O)C(C)C(=O)O. The van der Waals surface area contributed by atoms with Gasteiger partial charge in [0.25, 0.3) is 0 Å². The van der Waals surface area contributed by atoms with Crippen molar-refractivity contribution >= 4 is 16.0 Å². The van der Waals surface area contributed by atoms with E-state index in [9.17, 15) is 13.2 Å². The van der Waals surface area contributed by atoms with E-state index < -0.39 is 21.2 Å². The predicted octanol–water partition coefficient (Wildman–Crippen LogP) is 0.442. The van der Waals surface area contributed by atoms with Crippen molar-refractivity contribution in [1.29, 1.82) is 0 Å². The molecule has 17 heavy (non-hydrogen) atoms. The first-order valence-electron chi connectivity index (χ1n) is 5.56. The van der Waals surface area contributed by atoms with Crippen LogP contribution in [0.2, 0.25) is 0 Å². The van der Waals surface area contributed by atoms with Gasteiger partial charge in [0, 0.05) is 19.8 Å². The summed E-state index contributed by atoms with van der Waals surface area (Å²) in [6, 6.07) is 0. The molecule has 0 aliphatic rings. The molecule has 0 aliphatic heterocycles. The summed E-state index contributed by atoms with van der Waals surface area (Å²) in [6.07, 6.45) is 0.526. The Morgan fingerprint density at radius 1 is 1.35 bits per heavy atom. The lowest BCUT2D eigenvalue weighted by Crippen LogP contribution is -2.38. The molecule has 7 heteroatoms. The fraction of sp³-hybridized carbons (Fsp3) is 0.900. The van der Waals surface area contributed by atoms with Gasteiger partial charge >= 0.3 is 5.97 Å². The lowest BCUT2D eigenvalue weighted by molar-refractivity contribution is -0.136. The van der Waals surface area contributed by atoms with Crippen LogP contribution in [-0.2, 0) is 19.6 Å². The molecular formula is C10H21NO5S. The number of sulfonamides is 1. The van der Waals surface area contributed by atoms with Gasteiger partial charge in [-0.25, -0.2) is 13.1 Å². The molecule has 0 saturated heterocycles. The van der Waals surface area contributed by atoms with Crippen molar-refractivity contribution in [3.8, 4) is 0 Å². The first kappa shape index (κ1) is 16.3. The number of aliphatic carboxylic acids is 1. The van der Waals surface area contributed by atoms with E-state index in [4.69, 9.17) is 9.84 Å². The number of hydrogen-bond donors (Lipinski definition) is 2. The van der Waals surface area contributed by atoms with Crippen molar-refractivity contribution in [2.45, 2.75) is 32.4 Å². The number of carboxylic acids is 1. The third-order valence-electron chi connectivity index (χ3n) is 2.03. The van der Waals surface area contributed by atoms with E-state index in [1.54, 1.807) is 0 Å². The Labute approximate surface area is 102 Å². The third kappa shape index (κ3) is 7.30. The van der Waals surface area contributed by atoms with Crippen LogP contribution in [0.25, 0.3) is 0 Å². The van der Waals surface area contributed by atoms with Crippen molar-refractivity contribution in [3.63, 3.8) is 0 Å². The number of carboxylic acid groups (broad SMARTS) is 1. The van der Waals surface area contributed by atoms with Gasteiger partial charge in [0.2, 0.25) is 10.0 Å². The molecule has 0 rings (SSSR count). The Morgan fingerprint density at radius 2 is 1.94 bits per heavy atom. The molecular weight excluding hydrogens is 246 g/mol. The highest BCUT2D eigenvalue weighted by atomic mass is 32.2. The van der Waals surface area contributed by atoms with Crippen LogP contribution in [-0.4, -0.2) is 44.5 Å². The smallest absolute Gasteiger partial charge is 0.323 e. The van der Waals surface area contributed by atoms with Crippen LogP contribution in [0.1, 0.15) is 27.2 Å². The molecule has 1 unspecified atom stereocenters. The fourth-order valence-corrected chi connectivity index (χ4v) is 1.91. The molecule has 0 heterocycles. The van der Waals surface area contributed by atoms with Crippen LogP contribution in [0.3, 0.4) is 0 Å². The number of ether oxygens (including phenoxy) is 1. The average Bonchev–Trinajstić information content (AvgIpc) is 2.21. The van der Waals surface area contributed by atoms with E-state index in [0.29, 0.717) is 25.6 Å². The average molecular weight is 267 g/mol. The molecule has 6 nitrogen and oxygen atoms in total. The molecule has 0 radical (unpaired) electrons. The molecule has 0 amide bonds. The van der Waals surface area contributed by atoms with Gasteiger partial charge < -0.3 is 9.84 Å². The van der Waals surface area contributed by atoms with Gasteiger partial charge in [-0.2, -0.15) is 0 Å². The van der Waals surface area contributed by atoms with Crippen molar-refractivity contribution in [2.24, 2.45) is 5.92 Å². The topological polar surface area (TPSA) is 92.7 Å². The fourth-order valence-electron chi connectivity index (χ4n) is 0.965. The Morgan fingerprint density at radius 3 is 2.41 bits per heavy atom. The second-order valence-electron chi connectivity index (χ2n) is 4.24. The van der Waals surface area contributed by atoms with Crippen molar-refractivity contribution in [2.75, 3.05) is 19.8 Å². The summed E-state index contributed by atoms with van der Waals surface area (Å²) in [6.45, 7) is 6.48. The summed E-state index contributed by atoms with van der Waals surface area (Å²) in [5, 5.41) is 7.14. The van der Waals surface area contributed by atoms with E-state index in [1.165, 1.54) is 0 Å². The molecule has 0 fully saturated rings. The zero-order valence-corrected chi connectivity index (χ0v) is 11.3. The van der Waals surface area contributed by atoms with E-state index in [-0.39, 0.29) is 6.54 Å². The van der Waals surface area contributed by atoms with E-state index >= 15 is 0 Å². The Hall–Kier alpha value is -0.660. The lowest BCUT2D eigenvalue weighted by atomic mass is 10.2.